The molecule has 0 aliphatic rings. The molecule has 0 aliphatic carbocycles. The molecule has 4 heteroatoms. The Morgan fingerprint density at radius 2 is 2.21 bits per heavy atom. The molecule has 1 aromatic heterocycles. The van der Waals surface area contributed by atoms with Gasteiger partial charge < -0.3 is 11.1 Å². The number of rotatable bonds is 5. The maximum Gasteiger partial charge on any atom is 0.0626 e. The standard InChI is InChI=1S/C10H20N4/c1-7(6-11)12-5-4-10-8(2)13-14-9(10)3/h7,12H,4-6,11H2,1-3H3,(H,13,14). The molecule has 1 unspecified atom stereocenters. The monoisotopic (exact) mass is 196 g/mol. The van der Waals surface area contributed by atoms with E-state index >= 15 is 0 Å². The van der Waals surface area contributed by atoms with Gasteiger partial charge in [-0.1, -0.05) is 0 Å². The number of hydrogen-bond donors (Lipinski definition) is 3. The molecule has 0 spiro atoms. The maximum atomic E-state index is 5.51. The van der Waals surface area contributed by atoms with E-state index in [4.69, 9.17) is 5.73 Å². The van der Waals surface area contributed by atoms with Crippen LogP contribution >= 0.6 is 0 Å². The lowest BCUT2D eigenvalue weighted by atomic mass is 10.1. The third-order valence-electron chi connectivity index (χ3n) is 2.50. The van der Waals surface area contributed by atoms with E-state index < -0.39 is 0 Å². The molecule has 0 radical (unpaired) electrons. The molecule has 0 aliphatic heterocycles. The topological polar surface area (TPSA) is 66.7 Å². The molecule has 80 valence electrons. The van der Waals surface area contributed by atoms with Gasteiger partial charge in [0, 0.05) is 18.3 Å². The highest BCUT2D eigenvalue weighted by Gasteiger charge is 2.05. The minimum Gasteiger partial charge on any atom is -0.329 e. The summed E-state index contributed by atoms with van der Waals surface area (Å²) in [6, 6.07) is 0.391. The van der Waals surface area contributed by atoms with Crippen molar-refractivity contribution >= 4 is 0 Å². The first-order valence-corrected chi connectivity index (χ1v) is 5.09. The number of aromatic nitrogens is 2. The zero-order chi connectivity index (χ0) is 10.6. The van der Waals surface area contributed by atoms with Crippen molar-refractivity contribution in [1.29, 1.82) is 0 Å². The fourth-order valence-electron chi connectivity index (χ4n) is 1.47. The molecule has 1 atom stereocenters. The SMILES string of the molecule is Cc1n[nH]c(C)c1CCNC(C)CN. The van der Waals surface area contributed by atoms with Crippen molar-refractivity contribution in [2.45, 2.75) is 33.2 Å². The average molecular weight is 196 g/mol. The first-order chi connectivity index (χ1) is 6.65. The van der Waals surface area contributed by atoms with Crippen LogP contribution in [0.25, 0.3) is 0 Å². The van der Waals surface area contributed by atoms with E-state index in [1.807, 2.05) is 6.92 Å². The fourth-order valence-corrected chi connectivity index (χ4v) is 1.47. The lowest BCUT2D eigenvalue weighted by Gasteiger charge is -2.10. The van der Waals surface area contributed by atoms with Crippen LogP contribution in [-0.2, 0) is 6.42 Å². The van der Waals surface area contributed by atoms with Crippen LogP contribution in [0, 0.1) is 13.8 Å². The number of aromatic amines is 1. The van der Waals surface area contributed by atoms with Crippen molar-refractivity contribution in [2.24, 2.45) is 5.73 Å². The normalized spacial score (nSPS) is 13.1. The van der Waals surface area contributed by atoms with Crippen molar-refractivity contribution in [1.82, 2.24) is 15.5 Å². The molecule has 1 aromatic rings. The molecular weight excluding hydrogens is 176 g/mol. The minimum absolute atomic E-state index is 0.391. The Morgan fingerprint density at radius 1 is 1.50 bits per heavy atom. The second-order valence-corrected chi connectivity index (χ2v) is 3.75. The van der Waals surface area contributed by atoms with Crippen molar-refractivity contribution in [3.8, 4) is 0 Å². The van der Waals surface area contributed by atoms with Crippen LogP contribution in [0.1, 0.15) is 23.9 Å². The van der Waals surface area contributed by atoms with Gasteiger partial charge in [0.05, 0.1) is 5.69 Å². The van der Waals surface area contributed by atoms with E-state index in [0.29, 0.717) is 12.6 Å². The Bertz CT molecular complexity index is 260. The highest BCUT2D eigenvalue weighted by molar-refractivity contribution is 5.23. The summed E-state index contributed by atoms with van der Waals surface area (Å²) < 4.78 is 0. The van der Waals surface area contributed by atoms with Gasteiger partial charge in [0.2, 0.25) is 0 Å². The van der Waals surface area contributed by atoms with Crippen molar-refractivity contribution in [3.05, 3.63) is 17.0 Å². The van der Waals surface area contributed by atoms with Gasteiger partial charge >= 0.3 is 0 Å². The second kappa shape index (κ2) is 5.12. The molecule has 0 saturated carbocycles. The van der Waals surface area contributed by atoms with E-state index in [2.05, 4.69) is 29.4 Å². The lowest BCUT2D eigenvalue weighted by Crippen LogP contribution is -2.34. The number of H-pyrrole nitrogens is 1. The van der Waals surface area contributed by atoms with E-state index in [9.17, 15) is 0 Å². The second-order valence-electron chi connectivity index (χ2n) is 3.75. The highest BCUT2D eigenvalue weighted by Crippen LogP contribution is 2.08. The molecule has 1 heterocycles. The molecule has 0 amide bonds. The molecule has 1 rings (SSSR count). The molecular formula is C10H20N4. The fraction of sp³-hybridized carbons (Fsp3) is 0.700. The number of nitrogens with zero attached hydrogens (tertiary/aromatic N) is 1. The zero-order valence-corrected chi connectivity index (χ0v) is 9.22. The van der Waals surface area contributed by atoms with Crippen LogP contribution in [0.3, 0.4) is 0 Å². The molecule has 4 N–H and O–H groups in total. The third kappa shape index (κ3) is 2.82. The Balaban J connectivity index is 2.38. The van der Waals surface area contributed by atoms with E-state index in [1.165, 1.54) is 11.3 Å². The first-order valence-electron chi connectivity index (χ1n) is 5.09. The molecule has 0 fully saturated rings. The summed E-state index contributed by atoms with van der Waals surface area (Å²) in [6.45, 7) is 7.82. The van der Waals surface area contributed by atoms with Crippen LogP contribution in [0.15, 0.2) is 0 Å². The van der Waals surface area contributed by atoms with Crippen LogP contribution in [0.5, 0.6) is 0 Å². The molecule has 14 heavy (non-hydrogen) atoms. The van der Waals surface area contributed by atoms with Gasteiger partial charge in [0.25, 0.3) is 0 Å². The number of nitrogens with one attached hydrogen (secondary N) is 2. The van der Waals surface area contributed by atoms with Crippen LogP contribution < -0.4 is 11.1 Å². The predicted octanol–water partition coefficient (Wildman–Crippen LogP) is 0.506. The summed E-state index contributed by atoms with van der Waals surface area (Å²) in [5.74, 6) is 0. The van der Waals surface area contributed by atoms with Gasteiger partial charge in [-0.05, 0) is 39.3 Å². The van der Waals surface area contributed by atoms with Gasteiger partial charge in [0.1, 0.15) is 0 Å². The summed E-state index contributed by atoms with van der Waals surface area (Å²) in [7, 11) is 0. The minimum atomic E-state index is 0.391. The first kappa shape index (κ1) is 11.2. The Kier molecular flexibility index (Phi) is 4.10. The lowest BCUT2D eigenvalue weighted by molar-refractivity contribution is 0.558. The van der Waals surface area contributed by atoms with Gasteiger partial charge in [-0.2, -0.15) is 5.10 Å². The van der Waals surface area contributed by atoms with Crippen LogP contribution in [0.4, 0.5) is 0 Å². The van der Waals surface area contributed by atoms with Crippen molar-refractivity contribution < 1.29 is 0 Å². The third-order valence-corrected chi connectivity index (χ3v) is 2.50. The van der Waals surface area contributed by atoms with Gasteiger partial charge in [0.15, 0.2) is 0 Å². The van der Waals surface area contributed by atoms with E-state index in [1.54, 1.807) is 0 Å². The molecule has 4 nitrogen and oxygen atoms in total. The average Bonchev–Trinajstić information content (AvgIpc) is 2.48. The number of hydrogen-bond acceptors (Lipinski definition) is 3. The molecule has 0 aromatic carbocycles. The Labute approximate surface area is 85.3 Å². The molecule has 0 bridgehead atoms. The van der Waals surface area contributed by atoms with Crippen molar-refractivity contribution in [2.75, 3.05) is 13.1 Å². The summed E-state index contributed by atoms with van der Waals surface area (Å²) in [4.78, 5) is 0. The summed E-state index contributed by atoms with van der Waals surface area (Å²) in [5, 5.41) is 10.5. The summed E-state index contributed by atoms with van der Waals surface area (Å²) in [6.07, 6.45) is 1.01. The Morgan fingerprint density at radius 3 is 2.71 bits per heavy atom. The zero-order valence-electron chi connectivity index (χ0n) is 9.22. The van der Waals surface area contributed by atoms with Crippen LogP contribution in [0.2, 0.25) is 0 Å². The highest BCUT2D eigenvalue weighted by atomic mass is 15.1. The quantitative estimate of drug-likeness (QED) is 0.642. The smallest absolute Gasteiger partial charge is 0.0626 e. The summed E-state index contributed by atoms with van der Waals surface area (Å²) >= 11 is 0. The van der Waals surface area contributed by atoms with E-state index in [-0.39, 0.29) is 0 Å². The maximum absolute atomic E-state index is 5.51. The number of nitrogens with two attached hydrogens (primary N) is 1. The van der Waals surface area contributed by atoms with Crippen molar-refractivity contribution in [3.63, 3.8) is 0 Å². The number of aryl methyl sites for hydroxylation is 2. The summed E-state index contributed by atoms with van der Waals surface area (Å²) in [5.41, 5.74) is 9.10. The predicted molar refractivity (Wildman–Crippen MR) is 58.3 cm³/mol. The van der Waals surface area contributed by atoms with Gasteiger partial charge in [-0.25, -0.2) is 0 Å². The molecule has 0 saturated heterocycles. The van der Waals surface area contributed by atoms with Gasteiger partial charge in [-0.3, -0.25) is 5.10 Å². The van der Waals surface area contributed by atoms with Crippen LogP contribution in [-0.4, -0.2) is 29.3 Å². The Hall–Kier alpha value is -0.870. The van der Waals surface area contributed by atoms with Gasteiger partial charge in [-0.15, -0.1) is 0 Å². The van der Waals surface area contributed by atoms with E-state index in [0.717, 1.165) is 18.7 Å². The largest absolute Gasteiger partial charge is 0.329 e.